The molecule has 0 saturated heterocycles. The van der Waals surface area contributed by atoms with Crippen molar-refractivity contribution in [3.63, 3.8) is 0 Å². The van der Waals surface area contributed by atoms with Gasteiger partial charge in [0.25, 0.3) is 4.45 Å². The maximum absolute atomic E-state index is 5.70. The molecule has 0 heterocycles. The maximum Gasteiger partial charge on any atom is 0.269 e. The lowest BCUT2D eigenvalue weighted by Crippen LogP contribution is -2.28. The number of ether oxygens (including phenoxy) is 3. The lowest BCUT2D eigenvalue weighted by molar-refractivity contribution is -0.0913. The Morgan fingerprint density at radius 2 is 2.07 bits per heavy atom. The summed E-state index contributed by atoms with van der Waals surface area (Å²) >= 11 is 8.18. The highest BCUT2D eigenvalue weighted by Gasteiger charge is 2.30. The lowest BCUT2D eigenvalue weighted by atomic mass is 10.5. The molecule has 91 valence electrons. The molecule has 0 aromatic heterocycles. The first-order valence-corrected chi connectivity index (χ1v) is 7.39. The highest BCUT2D eigenvalue weighted by atomic mass is 32.2. The van der Waals surface area contributed by atoms with E-state index in [0.717, 1.165) is 5.75 Å². The van der Waals surface area contributed by atoms with Crippen LogP contribution in [0.5, 0.6) is 0 Å². The predicted octanol–water partition coefficient (Wildman–Crippen LogP) is 2.94. The van der Waals surface area contributed by atoms with Crippen LogP contribution in [0.15, 0.2) is 0 Å². The molecule has 0 aliphatic rings. The van der Waals surface area contributed by atoms with E-state index >= 15 is 0 Å². The van der Waals surface area contributed by atoms with Gasteiger partial charge in [-0.05, 0) is 12.0 Å². The Hall–Kier alpha value is 0.930. The van der Waals surface area contributed by atoms with Crippen LogP contribution in [0, 0.1) is 0 Å². The zero-order valence-corrected chi connectivity index (χ0v) is 12.1. The highest BCUT2D eigenvalue weighted by molar-refractivity contribution is 8.17. The fourth-order valence-corrected chi connectivity index (χ4v) is 2.86. The summed E-state index contributed by atoms with van der Waals surface area (Å²) in [5, 5.41) is 0. The zero-order valence-electron chi connectivity index (χ0n) is 9.65. The molecule has 0 fully saturated rings. The Morgan fingerprint density at radius 3 is 2.47 bits per heavy atom. The van der Waals surface area contributed by atoms with Crippen molar-refractivity contribution in [2.24, 2.45) is 0 Å². The average Bonchev–Trinajstić information content (AvgIpc) is 2.27. The van der Waals surface area contributed by atoms with Crippen LogP contribution in [-0.4, -0.2) is 42.7 Å². The van der Waals surface area contributed by atoms with Gasteiger partial charge >= 0.3 is 0 Å². The van der Waals surface area contributed by atoms with E-state index in [9.17, 15) is 0 Å². The Labute approximate surface area is 106 Å². The first-order chi connectivity index (χ1) is 7.14. The van der Waals surface area contributed by atoms with Gasteiger partial charge in [0.1, 0.15) is 5.44 Å². The minimum Gasteiger partial charge on any atom is -0.370 e. The van der Waals surface area contributed by atoms with Crippen LogP contribution in [-0.2, 0) is 14.2 Å². The molecule has 0 aliphatic heterocycles. The van der Waals surface area contributed by atoms with Gasteiger partial charge in [-0.15, -0.1) is 0 Å². The molecule has 0 aromatic rings. The van der Waals surface area contributed by atoms with Gasteiger partial charge in [0, 0.05) is 20.6 Å². The van der Waals surface area contributed by atoms with Gasteiger partial charge in [-0.3, -0.25) is 0 Å². The van der Waals surface area contributed by atoms with Crippen LogP contribution < -0.4 is 0 Å². The third kappa shape index (κ3) is 6.28. The molecule has 0 amide bonds. The molecule has 1 radical (unpaired) electrons. The summed E-state index contributed by atoms with van der Waals surface area (Å²) in [5.41, 5.74) is -0.187. The van der Waals surface area contributed by atoms with E-state index in [4.69, 9.17) is 26.8 Å². The molecule has 2 atom stereocenters. The molecule has 0 N–H and O–H groups in total. The predicted molar refractivity (Wildman–Crippen MR) is 70.3 cm³/mol. The van der Waals surface area contributed by atoms with Crippen molar-refractivity contribution in [3.05, 3.63) is 0 Å². The Kier molecular flexibility index (Phi) is 9.57. The molecule has 2 unspecified atom stereocenters. The molecule has 6 heteroatoms. The number of thioether (sulfide) groups is 2. The van der Waals surface area contributed by atoms with Crippen LogP contribution >= 0.6 is 36.2 Å². The summed E-state index contributed by atoms with van der Waals surface area (Å²) in [6.07, 6.45) is 2.66. The molecule has 0 aromatic carbocycles. The monoisotopic (exact) mass is 271 g/mol. The van der Waals surface area contributed by atoms with Crippen molar-refractivity contribution >= 4 is 36.2 Å². The number of rotatable bonds is 9. The third-order valence-electron chi connectivity index (χ3n) is 1.72. The van der Waals surface area contributed by atoms with Crippen LogP contribution in [0.1, 0.15) is 13.3 Å². The highest BCUT2D eigenvalue weighted by Crippen LogP contribution is 2.37. The van der Waals surface area contributed by atoms with E-state index < -0.39 is 4.45 Å². The second-order valence-electron chi connectivity index (χ2n) is 2.64. The van der Waals surface area contributed by atoms with Crippen LogP contribution in [0.25, 0.3) is 0 Å². The van der Waals surface area contributed by atoms with E-state index in [-0.39, 0.29) is 5.44 Å². The van der Waals surface area contributed by atoms with Crippen molar-refractivity contribution in [2.75, 3.05) is 32.8 Å². The number of hydrogen-bond acceptors (Lipinski definition) is 5. The summed E-state index contributed by atoms with van der Waals surface area (Å²) in [6, 6.07) is 0. The van der Waals surface area contributed by atoms with Crippen molar-refractivity contribution in [2.45, 2.75) is 23.2 Å². The quantitative estimate of drug-likeness (QED) is 0.601. The van der Waals surface area contributed by atoms with Crippen LogP contribution in [0.2, 0.25) is 0 Å². The van der Waals surface area contributed by atoms with Gasteiger partial charge in [-0.1, -0.05) is 43.1 Å². The Morgan fingerprint density at radius 1 is 1.40 bits per heavy atom. The summed E-state index contributed by atoms with van der Waals surface area (Å²) in [6.45, 7) is 2.62. The van der Waals surface area contributed by atoms with Crippen molar-refractivity contribution < 1.29 is 14.2 Å². The van der Waals surface area contributed by atoms with Crippen LogP contribution in [0.3, 0.4) is 0 Å². The van der Waals surface area contributed by atoms with Crippen molar-refractivity contribution in [1.29, 1.82) is 0 Å². The van der Waals surface area contributed by atoms with Gasteiger partial charge in [0.15, 0.2) is 0 Å². The molecule has 0 saturated carbocycles. The summed E-state index contributed by atoms with van der Waals surface area (Å²) < 4.78 is 15.4. The van der Waals surface area contributed by atoms with Gasteiger partial charge in [0.2, 0.25) is 0 Å². The molecule has 3 nitrogen and oxygen atoms in total. The zero-order chi connectivity index (χ0) is 11.7. The maximum atomic E-state index is 5.70. The fraction of sp³-hybridized carbons (Fsp3) is 1.00. The summed E-state index contributed by atoms with van der Waals surface area (Å²) in [5.74, 6) is 0.941. The van der Waals surface area contributed by atoms with Crippen molar-refractivity contribution in [1.82, 2.24) is 0 Å². The Balaban J connectivity index is 3.94. The van der Waals surface area contributed by atoms with Gasteiger partial charge in [0.05, 0.1) is 6.61 Å². The van der Waals surface area contributed by atoms with Gasteiger partial charge in [-0.25, -0.2) is 0 Å². The van der Waals surface area contributed by atoms with E-state index in [1.807, 2.05) is 6.26 Å². The van der Waals surface area contributed by atoms with E-state index in [0.29, 0.717) is 13.0 Å². The van der Waals surface area contributed by atoms with E-state index in [1.54, 1.807) is 37.7 Å². The Bertz CT molecular complexity index is 154. The fourth-order valence-electron chi connectivity index (χ4n) is 0.935. The molecular weight excluding hydrogens is 252 g/mol. The number of hydrogen-bond donors (Lipinski definition) is 0. The second kappa shape index (κ2) is 9.01. The minimum absolute atomic E-state index is 0.187. The molecule has 15 heavy (non-hydrogen) atoms. The standard InChI is InChI=1S/C9H19O3S3/c1-5-15-9(11-3,14-4)12-7-6-8(13)10-2/h8H,5-7H2,1-4H3. The lowest BCUT2D eigenvalue weighted by Gasteiger charge is -2.29. The van der Waals surface area contributed by atoms with Crippen molar-refractivity contribution in [3.8, 4) is 0 Å². The van der Waals surface area contributed by atoms with Gasteiger partial charge < -0.3 is 14.2 Å². The average molecular weight is 271 g/mol. The first kappa shape index (κ1) is 15.9. The molecule has 0 bridgehead atoms. The largest absolute Gasteiger partial charge is 0.370 e. The third-order valence-corrected chi connectivity index (χ3v) is 4.71. The minimum atomic E-state index is -0.600. The smallest absolute Gasteiger partial charge is 0.269 e. The topological polar surface area (TPSA) is 27.7 Å². The molecule has 0 rings (SSSR count). The molecule has 0 aliphatic carbocycles. The van der Waals surface area contributed by atoms with E-state index in [2.05, 4.69) is 6.92 Å². The summed E-state index contributed by atoms with van der Waals surface area (Å²) in [4.78, 5) is 0. The first-order valence-electron chi connectivity index (χ1n) is 4.71. The van der Waals surface area contributed by atoms with Crippen LogP contribution in [0.4, 0.5) is 0 Å². The van der Waals surface area contributed by atoms with Gasteiger partial charge in [-0.2, -0.15) is 0 Å². The SMILES string of the molecule is CCSC(OC)(OCCC([S])OC)SC. The summed E-state index contributed by atoms with van der Waals surface area (Å²) in [7, 11) is 3.26. The molecule has 0 spiro atoms. The molecular formula is C9H19O3S3. The second-order valence-corrected chi connectivity index (χ2v) is 5.78. The normalized spacial score (nSPS) is 17.4. The van der Waals surface area contributed by atoms with E-state index in [1.165, 1.54) is 0 Å². The number of methoxy groups -OCH3 is 2.